The van der Waals surface area contributed by atoms with Crippen molar-refractivity contribution in [3.8, 4) is 5.75 Å². The molecule has 0 atom stereocenters. The Labute approximate surface area is 147 Å². The van der Waals surface area contributed by atoms with Crippen LogP contribution in [0.2, 0.25) is 0 Å². The molecule has 0 saturated carbocycles. The molecule has 2 aromatic rings. The molecule has 2 rings (SSSR count). The third kappa shape index (κ3) is 4.02. The molecule has 0 bridgehead atoms. The molecule has 0 amide bonds. The number of aryl methyl sites for hydroxylation is 2. The number of hydrogen-bond donors (Lipinski definition) is 1. The Morgan fingerprint density at radius 1 is 1.04 bits per heavy atom. The molecule has 0 unspecified atom stereocenters. The summed E-state index contributed by atoms with van der Waals surface area (Å²) in [6.45, 7) is 10.7. The fourth-order valence-electron chi connectivity index (χ4n) is 2.99. The molecule has 0 aliphatic rings. The van der Waals surface area contributed by atoms with Gasteiger partial charge in [0.15, 0.2) is 0 Å². The Kier molecular flexibility index (Phi) is 6.37. The van der Waals surface area contributed by atoms with Gasteiger partial charge in [-0.3, -0.25) is 0 Å². The van der Waals surface area contributed by atoms with Crippen molar-refractivity contribution in [3.63, 3.8) is 0 Å². The Hall–Kier alpha value is -1.19. The van der Waals surface area contributed by atoms with Crippen LogP contribution in [0, 0.1) is 20.8 Å². The number of hydrogen-bond acceptors (Lipinski definition) is 2. The van der Waals surface area contributed by atoms with Crippen LogP contribution in [0.3, 0.4) is 0 Å². The summed E-state index contributed by atoms with van der Waals surface area (Å²) < 4.78 is 0. The van der Waals surface area contributed by atoms with E-state index in [1.165, 1.54) is 26.8 Å². The highest BCUT2D eigenvalue weighted by molar-refractivity contribution is 8.00. The van der Waals surface area contributed by atoms with E-state index in [-0.39, 0.29) is 0 Å². The molecule has 2 radical (unpaired) electrons. The largest absolute Gasteiger partial charge is 0.508 e. The van der Waals surface area contributed by atoms with E-state index in [2.05, 4.69) is 45.9 Å². The molecule has 122 valence electrons. The zero-order valence-electron chi connectivity index (χ0n) is 14.8. The van der Waals surface area contributed by atoms with E-state index in [4.69, 9.17) is 0 Å². The molecule has 0 spiro atoms. The first-order valence-corrected chi connectivity index (χ1v) is 10.5. The first-order valence-electron chi connectivity index (χ1n) is 8.26. The standard InChI is InChI=1S/C20H26OSSi/c1-6-16-9-8-10-19(17(16)7-2)23-12-22-20-13(3)11-18(21)14(4)15(20)5/h8-11,21H,6-7,12H2,1-5H3. The first-order chi connectivity index (χ1) is 11.0. The zero-order valence-corrected chi connectivity index (χ0v) is 16.6. The molecule has 23 heavy (non-hydrogen) atoms. The van der Waals surface area contributed by atoms with E-state index in [0.29, 0.717) is 5.75 Å². The van der Waals surface area contributed by atoms with E-state index >= 15 is 0 Å². The maximum atomic E-state index is 9.93. The zero-order chi connectivity index (χ0) is 17.0. The number of aromatic hydroxyl groups is 1. The van der Waals surface area contributed by atoms with Crippen LogP contribution in [0.1, 0.15) is 41.7 Å². The third-order valence-corrected chi connectivity index (χ3v) is 7.41. The molecular formula is C20H26OSSi. The number of phenols is 1. The molecule has 0 aliphatic heterocycles. The monoisotopic (exact) mass is 342 g/mol. The van der Waals surface area contributed by atoms with Gasteiger partial charge >= 0.3 is 0 Å². The summed E-state index contributed by atoms with van der Waals surface area (Å²) in [5, 5.41) is 12.5. The number of phenolic OH excluding ortho intramolecular Hbond substituents is 1. The smallest absolute Gasteiger partial charge is 0.119 e. The van der Waals surface area contributed by atoms with Crippen LogP contribution in [-0.4, -0.2) is 20.0 Å². The minimum absolute atomic E-state index is 0.413. The normalized spacial score (nSPS) is 11.0. The second-order valence-corrected chi connectivity index (χ2v) is 8.65. The summed E-state index contributed by atoms with van der Waals surface area (Å²) in [5.74, 6) is 0.413. The van der Waals surface area contributed by atoms with Crippen molar-refractivity contribution >= 4 is 26.5 Å². The molecule has 2 aromatic carbocycles. The fourth-order valence-corrected chi connectivity index (χ4v) is 5.90. The number of thioether (sulfide) groups is 1. The van der Waals surface area contributed by atoms with Gasteiger partial charge in [0.1, 0.15) is 5.75 Å². The molecule has 0 saturated heterocycles. The molecule has 0 fully saturated rings. The highest BCUT2D eigenvalue weighted by Gasteiger charge is 2.11. The lowest BCUT2D eigenvalue weighted by molar-refractivity contribution is 0.469. The highest BCUT2D eigenvalue weighted by Crippen LogP contribution is 2.33. The molecule has 0 heterocycles. The first kappa shape index (κ1) is 18.1. The van der Waals surface area contributed by atoms with Gasteiger partial charge in [0.25, 0.3) is 0 Å². The average Bonchev–Trinajstić information content (AvgIpc) is 2.55. The molecule has 0 aromatic heterocycles. The predicted molar refractivity (Wildman–Crippen MR) is 104 cm³/mol. The minimum atomic E-state index is 0.413. The van der Waals surface area contributed by atoms with Crippen molar-refractivity contribution < 1.29 is 5.11 Å². The van der Waals surface area contributed by atoms with E-state index < -0.39 is 0 Å². The van der Waals surface area contributed by atoms with Crippen LogP contribution < -0.4 is 5.19 Å². The van der Waals surface area contributed by atoms with E-state index in [0.717, 1.165) is 33.3 Å². The molecular weight excluding hydrogens is 316 g/mol. The second kappa shape index (κ2) is 8.07. The fraction of sp³-hybridized carbons (Fsp3) is 0.400. The Morgan fingerprint density at radius 3 is 2.43 bits per heavy atom. The average molecular weight is 343 g/mol. The maximum Gasteiger partial charge on any atom is 0.119 e. The van der Waals surface area contributed by atoms with Crippen molar-refractivity contribution in [1.29, 1.82) is 0 Å². The Bertz CT molecular complexity index is 695. The van der Waals surface area contributed by atoms with Crippen LogP contribution in [0.25, 0.3) is 0 Å². The van der Waals surface area contributed by atoms with Gasteiger partial charge in [-0.1, -0.05) is 37.2 Å². The second-order valence-electron chi connectivity index (χ2n) is 5.91. The summed E-state index contributed by atoms with van der Waals surface area (Å²) in [5.41, 5.74) is 6.44. The van der Waals surface area contributed by atoms with Crippen molar-refractivity contribution in [1.82, 2.24) is 0 Å². The Morgan fingerprint density at radius 2 is 1.78 bits per heavy atom. The maximum absolute atomic E-state index is 9.93. The van der Waals surface area contributed by atoms with Crippen molar-refractivity contribution in [3.05, 3.63) is 52.1 Å². The summed E-state index contributed by atoms with van der Waals surface area (Å²) in [6, 6.07) is 8.64. The third-order valence-electron chi connectivity index (χ3n) is 4.49. The highest BCUT2D eigenvalue weighted by atomic mass is 32.2. The number of benzene rings is 2. The van der Waals surface area contributed by atoms with Crippen molar-refractivity contribution in [2.45, 2.75) is 52.4 Å². The summed E-state index contributed by atoms with van der Waals surface area (Å²) >= 11 is 1.93. The summed E-state index contributed by atoms with van der Waals surface area (Å²) in [6.07, 6.45) is 2.23. The predicted octanol–water partition coefficient (Wildman–Crippen LogP) is 4.52. The van der Waals surface area contributed by atoms with E-state index in [1.54, 1.807) is 5.56 Å². The van der Waals surface area contributed by atoms with Crippen LogP contribution >= 0.6 is 11.8 Å². The SMILES string of the molecule is CCc1cccc([Si]CSc2c(C)cc(O)c(C)c2C)c1CC. The van der Waals surface area contributed by atoms with Gasteiger partial charge in [0.05, 0.1) is 9.52 Å². The van der Waals surface area contributed by atoms with Gasteiger partial charge in [0.2, 0.25) is 0 Å². The van der Waals surface area contributed by atoms with Crippen LogP contribution in [0.15, 0.2) is 29.2 Å². The lowest BCUT2D eigenvalue weighted by atomic mass is 10.0. The van der Waals surface area contributed by atoms with E-state index in [1.807, 2.05) is 24.8 Å². The lowest BCUT2D eigenvalue weighted by Crippen LogP contribution is -2.22. The van der Waals surface area contributed by atoms with Gasteiger partial charge in [-0.25, -0.2) is 0 Å². The molecule has 1 N–H and O–H groups in total. The topological polar surface area (TPSA) is 20.2 Å². The summed E-state index contributed by atoms with van der Waals surface area (Å²) in [4.78, 5) is 1.33. The van der Waals surface area contributed by atoms with Gasteiger partial charge in [-0.05, 0) is 72.9 Å². The van der Waals surface area contributed by atoms with Gasteiger partial charge in [-0.15, -0.1) is 11.8 Å². The van der Waals surface area contributed by atoms with Gasteiger partial charge in [-0.2, -0.15) is 0 Å². The Balaban J connectivity index is 2.14. The van der Waals surface area contributed by atoms with Gasteiger partial charge in [0, 0.05) is 4.90 Å². The quantitative estimate of drug-likeness (QED) is 0.615. The van der Waals surface area contributed by atoms with Crippen LogP contribution in [0.5, 0.6) is 5.75 Å². The van der Waals surface area contributed by atoms with Crippen LogP contribution in [0.4, 0.5) is 0 Å². The van der Waals surface area contributed by atoms with Gasteiger partial charge < -0.3 is 5.11 Å². The van der Waals surface area contributed by atoms with Crippen molar-refractivity contribution in [2.75, 3.05) is 5.38 Å². The minimum Gasteiger partial charge on any atom is -0.508 e. The number of rotatable bonds is 6. The lowest BCUT2D eigenvalue weighted by Gasteiger charge is -2.15. The van der Waals surface area contributed by atoms with Crippen molar-refractivity contribution in [2.24, 2.45) is 0 Å². The summed E-state index contributed by atoms with van der Waals surface area (Å²) in [7, 11) is 0.822. The molecule has 0 aliphatic carbocycles. The van der Waals surface area contributed by atoms with E-state index in [9.17, 15) is 5.11 Å². The molecule has 3 heteroatoms. The molecule has 1 nitrogen and oxygen atoms in total. The van der Waals surface area contributed by atoms with Crippen LogP contribution in [-0.2, 0) is 12.8 Å².